The van der Waals surface area contributed by atoms with Crippen LogP contribution in [-0.2, 0) is 0 Å². The van der Waals surface area contributed by atoms with Crippen molar-refractivity contribution < 1.29 is 9.31 Å². The van der Waals surface area contributed by atoms with E-state index in [4.69, 9.17) is 0 Å². The van der Waals surface area contributed by atoms with Crippen molar-refractivity contribution in [1.29, 1.82) is 0 Å². The van der Waals surface area contributed by atoms with Crippen LogP contribution in [0.2, 0.25) is 0 Å². The Morgan fingerprint density at radius 2 is 2.37 bits per heavy atom. The summed E-state index contributed by atoms with van der Waals surface area (Å²) in [7, 11) is 0. The van der Waals surface area contributed by atoms with E-state index in [1.807, 2.05) is 11.8 Å². The molecule has 1 heterocycles. The summed E-state index contributed by atoms with van der Waals surface area (Å²) in [5.74, 6) is 0.492. The smallest absolute Gasteiger partial charge is 0.295 e. The molecule has 4 nitrogen and oxygen atoms in total. The maximum absolute atomic E-state index is 13.4. The van der Waals surface area contributed by atoms with Gasteiger partial charge in [-0.15, -0.1) is 0 Å². The van der Waals surface area contributed by atoms with Crippen molar-refractivity contribution in [3.8, 4) is 0 Å². The molecule has 0 radical (unpaired) electrons. The van der Waals surface area contributed by atoms with Gasteiger partial charge in [-0.3, -0.25) is 10.1 Å². The van der Waals surface area contributed by atoms with Gasteiger partial charge in [-0.05, 0) is 47.5 Å². The molecule has 2 rings (SSSR count). The monoisotopic (exact) mass is 348 g/mol. The second-order valence-corrected chi connectivity index (χ2v) is 7.33. The lowest BCUT2D eigenvalue weighted by molar-refractivity contribution is -0.384. The molecule has 7 heteroatoms. The number of nitro groups is 1. The summed E-state index contributed by atoms with van der Waals surface area (Å²) in [6, 6.07) is 2.37. The lowest BCUT2D eigenvalue weighted by atomic mass is 10.1. The Morgan fingerprint density at radius 3 is 2.95 bits per heavy atom. The number of benzene rings is 1. The summed E-state index contributed by atoms with van der Waals surface area (Å²) in [4.78, 5) is 10.4. The van der Waals surface area contributed by atoms with Crippen LogP contribution in [0.25, 0.3) is 0 Å². The molecule has 0 bridgehead atoms. The fraction of sp³-hybridized carbons (Fsp3) is 0.500. The van der Waals surface area contributed by atoms with Gasteiger partial charge in [0, 0.05) is 11.3 Å². The molecule has 0 amide bonds. The van der Waals surface area contributed by atoms with E-state index in [9.17, 15) is 14.5 Å². The molecule has 1 fully saturated rings. The molecule has 104 valence electrons. The van der Waals surface area contributed by atoms with E-state index in [1.165, 1.54) is 6.07 Å². The molecule has 1 N–H and O–H groups in total. The molecule has 0 aliphatic carbocycles. The number of nitrogens with one attached hydrogen (secondary N) is 1. The Labute approximate surface area is 123 Å². The highest BCUT2D eigenvalue weighted by molar-refractivity contribution is 9.10. The van der Waals surface area contributed by atoms with Crippen LogP contribution < -0.4 is 5.32 Å². The summed E-state index contributed by atoms with van der Waals surface area (Å²) in [5.41, 5.74) is 0.124. The quantitative estimate of drug-likeness (QED) is 0.654. The van der Waals surface area contributed by atoms with Crippen molar-refractivity contribution >= 4 is 39.1 Å². The van der Waals surface area contributed by atoms with Crippen molar-refractivity contribution in [3.63, 3.8) is 0 Å². The van der Waals surface area contributed by atoms with Gasteiger partial charge in [0.25, 0.3) is 5.69 Å². The van der Waals surface area contributed by atoms with E-state index in [2.05, 4.69) is 28.2 Å². The predicted octanol–water partition coefficient (Wildman–Crippen LogP) is 4.19. The van der Waals surface area contributed by atoms with Crippen molar-refractivity contribution in [3.05, 3.63) is 32.5 Å². The first kappa shape index (κ1) is 14.6. The fourth-order valence-corrected chi connectivity index (χ4v) is 3.68. The van der Waals surface area contributed by atoms with Gasteiger partial charge in [0.15, 0.2) is 0 Å². The molecule has 1 aliphatic rings. The maximum Gasteiger partial charge on any atom is 0.295 e. The van der Waals surface area contributed by atoms with Crippen LogP contribution in [0, 0.1) is 15.9 Å². The van der Waals surface area contributed by atoms with E-state index < -0.39 is 10.7 Å². The maximum atomic E-state index is 13.4. The van der Waals surface area contributed by atoms with E-state index >= 15 is 0 Å². The summed E-state index contributed by atoms with van der Waals surface area (Å²) in [5, 5.41) is 14.0. The van der Waals surface area contributed by atoms with Gasteiger partial charge in [-0.1, -0.05) is 0 Å². The number of halogens is 2. The van der Waals surface area contributed by atoms with Gasteiger partial charge in [-0.25, -0.2) is 4.39 Å². The minimum atomic E-state index is -0.626. The summed E-state index contributed by atoms with van der Waals surface area (Å²) < 4.78 is 13.7. The second-order valence-electron chi connectivity index (χ2n) is 4.80. The molecular weight excluding hydrogens is 335 g/mol. The largest absolute Gasteiger partial charge is 0.378 e. The Hall–Kier alpha value is -0.820. The average Bonchev–Trinajstić information content (AvgIpc) is 2.77. The third kappa shape index (κ3) is 3.39. The Balaban J connectivity index is 2.19. The van der Waals surface area contributed by atoms with Gasteiger partial charge < -0.3 is 5.32 Å². The Bertz CT molecular complexity index is 507. The lowest BCUT2D eigenvalue weighted by Crippen LogP contribution is -2.27. The molecule has 1 aromatic rings. The molecule has 0 saturated carbocycles. The van der Waals surface area contributed by atoms with Crippen LogP contribution in [-0.4, -0.2) is 22.0 Å². The van der Waals surface area contributed by atoms with Crippen LogP contribution in [0.5, 0.6) is 0 Å². The highest BCUT2D eigenvalue weighted by Gasteiger charge is 2.30. The first-order chi connectivity index (χ1) is 8.91. The number of hydrogen-bond donors (Lipinski definition) is 1. The first-order valence-electron chi connectivity index (χ1n) is 5.92. The molecule has 0 aromatic heterocycles. The summed E-state index contributed by atoms with van der Waals surface area (Å²) in [6.45, 7) is 2.78. The fourth-order valence-electron chi connectivity index (χ4n) is 2.09. The normalized spacial score (nSPS) is 22.5. The summed E-state index contributed by atoms with van der Waals surface area (Å²) in [6.07, 6.45) is 2.25. The number of thioether (sulfide) groups is 1. The van der Waals surface area contributed by atoms with Gasteiger partial charge >= 0.3 is 0 Å². The topological polar surface area (TPSA) is 55.2 Å². The SMILES string of the molecule is CC1(CNc2cc(Br)c(F)cc2[N+](=O)[O-])CCCS1. The van der Waals surface area contributed by atoms with E-state index in [0.29, 0.717) is 12.2 Å². The first-order valence-corrected chi connectivity index (χ1v) is 7.70. The van der Waals surface area contributed by atoms with Crippen LogP contribution in [0.3, 0.4) is 0 Å². The van der Waals surface area contributed by atoms with Gasteiger partial charge in [0.2, 0.25) is 0 Å². The Morgan fingerprint density at radius 1 is 1.63 bits per heavy atom. The minimum Gasteiger partial charge on any atom is -0.378 e. The number of anilines is 1. The zero-order chi connectivity index (χ0) is 14.0. The zero-order valence-electron chi connectivity index (χ0n) is 10.4. The average molecular weight is 349 g/mol. The molecule has 19 heavy (non-hydrogen) atoms. The number of hydrogen-bond acceptors (Lipinski definition) is 4. The van der Waals surface area contributed by atoms with E-state index in [-0.39, 0.29) is 14.9 Å². The molecule has 0 spiro atoms. The second kappa shape index (κ2) is 5.66. The summed E-state index contributed by atoms with van der Waals surface area (Å²) >= 11 is 4.92. The Kier molecular flexibility index (Phi) is 4.35. The van der Waals surface area contributed by atoms with Crippen LogP contribution in [0.15, 0.2) is 16.6 Å². The van der Waals surface area contributed by atoms with Crippen molar-refractivity contribution in [2.24, 2.45) is 0 Å². The lowest BCUT2D eigenvalue weighted by Gasteiger charge is -2.23. The van der Waals surface area contributed by atoms with Crippen molar-refractivity contribution in [1.82, 2.24) is 0 Å². The van der Waals surface area contributed by atoms with Crippen molar-refractivity contribution in [2.75, 3.05) is 17.6 Å². The van der Waals surface area contributed by atoms with E-state index in [1.54, 1.807) is 0 Å². The molecular formula is C12H14BrFN2O2S. The number of nitro benzene ring substituents is 1. The third-order valence-electron chi connectivity index (χ3n) is 3.19. The van der Waals surface area contributed by atoms with Crippen LogP contribution >= 0.6 is 27.7 Å². The standard InChI is InChI=1S/C12H14BrFN2O2S/c1-12(3-2-4-19-12)7-15-10-5-8(13)9(14)6-11(10)16(17)18/h5-6,15H,2-4,7H2,1H3. The van der Waals surface area contributed by atoms with Gasteiger partial charge in [-0.2, -0.15) is 11.8 Å². The third-order valence-corrected chi connectivity index (χ3v) is 5.33. The molecule has 1 atom stereocenters. The highest BCUT2D eigenvalue weighted by atomic mass is 79.9. The van der Waals surface area contributed by atoms with Gasteiger partial charge in [0.05, 0.1) is 15.5 Å². The zero-order valence-corrected chi connectivity index (χ0v) is 12.8. The molecule has 1 saturated heterocycles. The number of nitrogens with zero attached hydrogens (tertiary/aromatic N) is 1. The van der Waals surface area contributed by atoms with Crippen LogP contribution in [0.4, 0.5) is 15.8 Å². The number of rotatable bonds is 4. The molecule has 1 aliphatic heterocycles. The van der Waals surface area contributed by atoms with Gasteiger partial charge in [0.1, 0.15) is 11.5 Å². The molecule has 1 unspecified atom stereocenters. The van der Waals surface area contributed by atoms with E-state index in [0.717, 1.165) is 24.7 Å². The highest BCUT2D eigenvalue weighted by Crippen LogP contribution is 2.39. The molecule has 1 aromatic carbocycles. The minimum absolute atomic E-state index is 0.0920. The van der Waals surface area contributed by atoms with Crippen molar-refractivity contribution in [2.45, 2.75) is 24.5 Å². The van der Waals surface area contributed by atoms with Crippen LogP contribution in [0.1, 0.15) is 19.8 Å². The predicted molar refractivity (Wildman–Crippen MR) is 79.3 cm³/mol.